The quantitative estimate of drug-likeness (QED) is 0.592. The molecule has 4 N–H and O–H groups in total. The van der Waals surface area contributed by atoms with Gasteiger partial charge < -0.3 is 11.5 Å². The molecule has 0 unspecified atom stereocenters. The van der Waals surface area contributed by atoms with Gasteiger partial charge in [-0.1, -0.05) is 25.5 Å². The van der Waals surface area contributed by atoms with Crippen molar-refractivity contribution in [3.05, 3.63) is 29.8 Å². The smallest absolute Gasteiger partial charge is 0.0294 e. The van der Waals surface area contributed by atoms with Crippen LogP contribution < -0.4 is 11.5 Å². The van der Waals surface area contributed by atoms with E-state index in [9.17, 15) is 0 Å². The highest BCUT2D eigenvalue weighted by Crippen LogP contribution is 2.22. The van der Waals surface area contributed by atoms with Gasteiger partial charge in [0.05, 0.1) is 0 Å². The van der Waals surface area contributed by atoms with Crippen molar-refractivity contribution in [2.24, 2.45) is 11.5 Å². The van der Waals surface area contributed by atoms with Gasteiger partial charge in [0.2, 0.25) is 0 Å². The third-order valence-corrected chi connectivity index (χ3v) is 3.48. The molecular formula is C13H23ClN2S. The van der Waals surface area contributed by atoms with Gasteiger partial charge in [0.15, 0.2) is 0 Å². The SMILES string of the molecule is CCSc1ccc([C@@H](N)CCCCN)cc1.Cl. The predicted octanol–water partition coefficient (Wildman–Crippen LogP) is 3.35. The third-order valence-electron chi connectivity index (χ3n) is 2.59. The van der Waals surface area contributed by atoms with Crippen molar-refractivity contribution in [3.63, 3.8) is 0 Å². The first-order chi connectivity index (χ1) is 7.77. The first kappa shape index (κ1) is 16.8. The van der Waals surface area contributed by atoms with Crippen LogP contribution in [0.5, 0.6) is 0 Å². The molecule has 4 heteroatoms. The minimum atomic E-state index is 0. The Morgan fingerprint density at radius 1 is 1.18 bits per heavy atom. The summed E-state index contributed by atoms with van der Waals surface area (Å²) in [5.41, 5.74) is 12.8. The molecule has 1 rings (SSSR count). The summed E-state index contributed by atoms with van der Waals surface area (Å²) in [4.78, 5) is 1.32. The largest absolute Gasteiger partial charge is 0.330 e. The van der Waals surface area contributed by atoms with E-state index in [1.165, 1.54) is 10.5 Å². The lowest BCUT2D eigenvalue weighted by atomic mass is 10.0. The zero-order valence-electron chi connectivity index (χ0n) is 10.4. The normalized spacial score (nSPS) is 11.9. The monoisotopic (exact) mass is 274 g/mol. The number of hydrogen-bond donors (Lipinski definition) is 2. The van der Waals surface area contributed by atoms with Crippen molar-refractivity contribution in [3.8, 4) is 0 Å². The van der Waals surface area contributed by atoms with Crippen molar-refractivity contribution in [2.45, 2.75) is 37.1 Å². The molecule has 0 aliphatic rings. The Labute approximate surface area is 115 Å². The number of thioether (sulfide) groups is 1. The Balaban J connectivity index is 0.00000256. The molecule has 0 saturated carbocycles. The summed E-state index contributed by atoms with van der Waals surface area (Å²) in [5.74, 6) is 1.11. The van der Waals surface area contributed by atoms with Crippen LogP contribution in [0.3, 0.4) is 0 Å². The minimum Gasteiger partial charge on any atom is -0.330 e. The molecule has 0 aliphatic heterocycles. The molecule has 0 saturated heterocycles. The van der Waals surface area contributed by atoms with Gasteiger partial charge in [-0.15, -0.1) is 24.2 Å². The van der Waals surface area contributed by atoms with E-state index in [4.69, 9.17) is 11.5 Å². The van der Waals surface area contributed by atoms with Crippen LogP contribution in [0.15, 0.2) is 29.2 Å². The van der Waals surface area contributed by atoms with Gasteiger partial charge in [0, 0.05) is 10.9 Å². The summed E-state index contributed by atoms with van der Waals surface area (Å²) in [5, 5.41) is 0. The highest BCUT2D eigenvalue weighted by atomic mass is 35.5. The molecule has 2 nitrogen and oxygen atoms in total. The van der Waals surface area contributed by atoms with Gasteiger partial charge in [0.1, 0.15) is 0 Å². The fourth-order valence-corrected chi connectivity index (χ4v) is 2.32. The molecule has 1 atom stereocenters. The molecule has 0 spiro atoms. The van der Waals surface area contributed by atoms with E-state index >= 15 is 0 Å². The Kier molecular flexibility index (Phi) is 9.65. The van der Waals surface area contributed by atoms with Crippen LogP contribution in [0.25, 0.3) is 0 Å². The molecule has 1 aromatic rings. The molecule has 0 bridgehead atoms. The Bertz CT molecular complexity index is 290. The average molecular weight is 275 g/mol. The highest BCUT2D eigenvalue weighted by molar-refractivity contribution is 7.99. The van der Waals surface area contributed by atoms with Crippen LogP contribution in [0.4, 0.5) is 0 Å². The predicted molar refractivity (Wildman–Crippen MR) is 79.9 cm³/mol. The van der Waals surface area contributed by atoms with E-state index in [0.717, 1.165) is 31.6 Å². The van der Waals surface area contributed by atoms with Gasteiger partial charge >= 0.3 is 0 Å². The number of nitrogens with two attached hydrogens (primary N) is 2. The molecule has 0 fully saturated rings. The fourth-order valence-electron chi connectivity index (χ4n) is 1.65. The van der Waals surface area contributed by atoms with E-state index in [1.54, 1.807) is 0 Å². The number of benzene rings is 1. The van der Waals surface area contributed by atoms with E-state index in [0.29, 0.717) is 0 Å². The third kappa shape index (κ3) is 6.32. The Morgan fingerprint density at radius 3 is 2.35 bits per heavy atom. The molecular weight excluding hydrogens is 252 g/mol. The second-order valence-electron chi connectivity index (χ2n) is 3.89. The van der Waals surface area contributed by atoms with Crippen LogP contribution in [0.2, 0.25) is 0 Å². The van der Waals surface area contributed by atoms with Gasteiger partial charge in [-0.05, 0) is 42.8 Å². The summed E-state index contributed by atoms with van der Waals surface area (Å²) < 4.78 is 0. The van der Waals surface area contributed by atoms with E-state index in [2.05, 4.69) is 31.2 Å². The summed E-state index contributed by atoms with van der Waals surface area (Å²) in [7, 11) is 0. The van der Waals surface area contributed by atoms with Crippen molar-refractivity contribution in [2.75, 3.05) is 12.3 Å². The lowest BCUT2D eigenvalue weighted by Crippen LogP contribution is -2.10. The van der Waals surface area contributed by atoms with Crippen molar-refractivity contribution in [1.82, 2.24) is 0 Å². The zero-order valence-corrected chi connectivity index (χ0v) is 12.0. The van der Waals surface area contributed by atoms with Crippen molar-refractivity contribution < 1.29 is 0 Å². The summed E-state index contributed by atoms with van der Waals surface area (Å²) in [6, 6.07) is 8.77. The highest BCUT2D eigenvalue weighted by Gasteiger charge is 2.05. The number of halogens is 1. The van der Waals surface area contributed by atoms with Gasteiger partial charge in [-0.2, -0.15) is 0 Å². The molecule has 0 aliphatic carbocycles. The van der Waals surface area contributed by atoms with E-state index in [-0.39, 0.29) is 18.4 Å². The van der Waals surface area contributed by atoms with Crippen LogP contribution in [0.1, 0.15) is 37.8 Å². The average Bonchev–Trinajstić information content (AvgIpc) is 2.30. The van der Waals surface area contributed by atoms with Crippen LogP contribution in [-0.4, -0.2) is 12.3 Å². The second-order valence-corrected chi connectivity index (χ2v) is 5.23. The standard InChI is InChI=1S/C13H22N2S.ClH/c1-2-16-12-8-6-11(7-9-12)13(15)5-3-4-10-14;/h6-9,13H,2-5,10,14-15H2,1H3;1H/t13-;/m0./s1. The van der Waals surface area contributed by atoms with Gasteiger partial charge in [-0.25, -0.2) is 0 Å². The topological polar surface area (TPSA) is 52.0 Å². The lowest BCUT2D eigenvalue weighted by Gasteiger charge is -2.12. The van der Waals surface area contributed by atoms with Crippen molar-refractivity contribution >= 4 is 24.2 Å². The maximum atomic E-state index is 6.11. The number of unbranched alkanes of at least 4 members (excludes halogenated alkanes) is 1. The first-order valence-electron chi connectivity index (χ1n) is 5.96. The molecule has 17 heavy (non-hydrogen) atoms. The number of hydrogen-bond acceptors (Lipinski definition) is 3. The molecule has 0 amide bonds. The van der Waals surface area contributed by atoms with Crippen LogP contribution >= 0.6 is 24.2 Å². The lowest BCUT2D eigenvalue weighted by molar-refractivity contribution is 0.591. The molecule has 98 valence electrons. The number of rotatable bonds is 7. The minimum absolute atomic E-state index is 0. The fraction of sp³-hybridized carbons (Fsp3) is 0.538. The molecule has 0 radical (unpaired) electrons. The maximum absolute atomic E-state index is 6.11. The summed E-state index contributed by atoms with van der Waals surface area (Å²) >= 11 is 1.86. The zero-order chi connectivity index (χ0) is 11.8. The van der Waals surface area contributed by atoms with Crippen LogP contribution in [-0.2, 0) is 0 Å². The first-order valence-corrected chi connectivity index (χ1v) is 6.95. The van der Waals surface area contributed by atoms with Crippen molar-refractivity contribution in [1.29, 1.82) is 0 Å². The maximum Gasteiger partial charge on any atom is 0.0294 e. The Hall–Kier alpha value is -0.220. The summed E-state index contributed by atoms with van der Waals surface area (Å²) in [6.07, 6.45) is 3.21. The Morgan fingerprint density at radius 2 is 1.82 bits per heavy atom. The van der Waals surface area contributed by atoms with Gasteiger partial charge in [-0.3, -0.25) is 0 Å². The second kappa shape index (κ2) is 9.77. The molecule has 1 aromatic carbocycles. The van der Waals surface area contributed by atoms with E-state index in [1.807, 2.05) is 11.8 Å². The van der Waals surface area contributed by atoms with Gasteiger partial charge in [0.25, 0.3) is 0 Å². The molecule has 0 aromatic heterocycles. The van der Waals surface area contributed by atoms with Crippen LogP contribution in [0, 0.1) is 0 Å². The summed E-state index contributed by atoms with van der Waals surface area (Å²) in [6.45, 7) is 2.93. The molecule has 0 heterocycles. The van der Waals surface area contributed by atoms with E-state index < -0.39 is 0 Å².